The first-order valence-corrected chi connectivity index (χ1v) is 10.7. The van der Waals surface area contributed by atoms with Gasteiger partial charge in [0, 0.05) is 37.9 Å². The van der Waals surface area contributed by atoms with Crippen LogP contribution in [0.3, 0.4) is 0 Å². The number of nitrogens with one attached hydrogen (secondary N) is 2. The summed E-state index contributed by atoms with van der Waals surface area (Å²) in [6.07, 6.45) is 2.57. The predicted molar refractivity (Wildman–Crippen MR) is 123 cm³/mol. The van der Waals surface area contributed by atoms with Crippen molar-refractivity contribution < 1.29 is 9.47 Å². The number of hydrogen-bond donors (Lipinski definition) is 2. The summed E-state index contributed by atoms with van der Waals surface area (Å²) in [5, 5.41) is 6.80. The second kappa shape index (κ2) is 11.5. The molecular formula is C24H34N4O2. The average Bonchev–Trinajstić information content (AvgIpc) is 3.33. The molecule has 162 valence electrons. The maximum absolute atomic E-state index is 5.79. The summed E-state index contributed by atoms with van der Waals surface area (Å²) in [7, 11) is 3.47. The number of guanidine groups is 1. The summed E-state index contributed by atoms with van der Waals surface area (Å²) >= 11 is 0. The van der Waals surface area contributed by atoms with Gasteiger partial charge in [0.2, 0.25) is 0 Å². The molecule has 1 fully saturated rings. The summed E-state index contributed by atoms with van der Waals surface area (Å²) in [6, 6.07) is 16.9. The van der Waals surface area contributed by atoms with Gasteiger partial charge >= 0.3 is 0 Å². The molecule has 6 nitrogen and oxygen atoms in total. The van der Waals surface area contributed by atoms with E-state index in [4.69, 9.17) is 9.47 Å². The van der Waals surface area contributed by atoms with Gasteiger partial charge in [-0.15, -0.1) is 0 Å². The van der Waals surface area contributed by atoms with E-state index in [1.54, 1.807) is 14.2 Å². The lowest BCUT2D eigenvalue weighted by Crippen LogP contribution is -2.40. The smallest absolute Gasteiger partial charge is 0.191 e. The molecule has 0 spiro atoms. The predicted octanol–water partition coefficient (Wildman–Crippen LogP) is 3.74. The fraction of sp³-hybridized carbons (Fsp3) is 0.458. The van der Waals surface area contributed by atoms with Crippen LogP contribution in [0.1, 0.15) is 36.9 Å². The van der Waals surface area contributed by atoms with E-state index in [9.17, 15) is 0 Å². The molecule has 0 bridgehead atoms. The second-order valence-corrected chi connectivity index (χ2v) is 7.52. The van der Waals surface area contributed by atoms with Crippen molar-refractivity contribution in [1.29, 1.82) is 0 Å². The van der Waals surface area contributed by atoms with Crippen LogP contribution >= 0.6 is 0 Å². The van der Waals surface area contributed by atoms with Crippen LogP contribution in [0.25, 0.3) is 0 Å². The highest BCUT2D eigenvalue weighted by Crippen LogP contribution is 2.24. The molecule has 2 N–H and O–H groups in total. The number of rotatable bonds is 9. The van der Waals surface area contributed by atoms with E-state index in [0.717, 1.165) is 30.4 Å². The van der Waals surface area contributed by atoms with Gasteiger partial charge in [-0.3, -0.25) is 4.99 Å². The molecule has 0 amide bonds. The zero-order chi connectivity index (χ0) is 21.2. The molecule has 1 saturated heterocycles. The Kier molecular flexibility index (Phi) is 8.39. The van der Waals surface area contributed by atoms with E-state index in [0.29, 0.717) is 19.8 Å². The molecule has 6 heteroatoms. The highest BCUT2D eigenvalue weighted by atomic mass is 16.5. The standard InChI is InChI=1S/C24H34N4O2/c1-19(20-10-8-11-22(17-20)28-14-6-7-15-28)27-24(25-2)26-13-16-30-18-21-9-4-5-12-23(21)29-3/h4-5,8-12,17,19H,6-7,13-16,18H2,1-3H3,(H2,25,26,27). The summed E-state index contributed by atoms with van der Waals surface area (Å²) in [4.78, 5) is 6.81. The summed E-state index contributed by atoms with van der Waals surface area (Å²) in [6.45, 7) is 6.26. The van der Waals surface area contributed by atoms with Gasteiger partial charge in [-0.25, -0.2) is 0 Å². The Morgan fingerprint density at radius 2 is 1.93 bits per heavy atom. The number of hydrogen-bond acceptors (Lipinski definition) is 4. The molecule has 0 radical (unpaired) electrons. The first kappa shape index (κ1) is 22.0. The topological polar surface area (TPSA) is 58.1 Å². The van der Waals surface area contributed by atoms with Crippen molar-refractivity contribution in [3.8, 4) is 5.75 Å². The van der Waals surface area contributed by atoms with Crippen molar-refractivity contribution in [1.82, 2.24) is 10.6 Å². The van der Waals surface area contributed by atoms with Crippen LogP contribution in [0.15, 0.2) is 53.5 Å². The number of para-hydroxylation sites is 1. The maximum Gasteiger partial charge on any atom is 0.191 e. The molecule has 1 aliphatic rings. The molecule has 1 aliphatic heterocycles. The van der Waals surface area contributed by atoms with Crippen LogP contribution in [0.5, 0.6) is 5.75 Å². The van der Waals surface area contributed by atoms with Gasteiger partial charge in [0.1, 0.15) is 5.75 Å². The van der Waals surface area contributed by atoms with Crippen molar-refractivity contribution in [2.75, 3.05) is 45.3 Å². The van der Waals surface area contributed by atoms with Gasteiger partial charge in [0.15, 0.2) is 5.96 Å². The lowest BCUT2D eigenvalue weighted by Gasteiger charge is -2.22. The lowest BCUT2D eigenvalue weighted by atomic mass is 10.1. The third kappa shape index (κ3) is 6.13. The number of methoxy groups -OCH3 is 1. The lowest BCUT2D eigenvalue weighted by molar-refractivity contribution is 0.123. The van der Waals surface area contributed by atoms with Crippen molar-refractivity contribution in [3.63, 3.8) is 0 Å². The van der Waals surface area contributed by atoms with E-state index in [1.165, 1.54) is 24.1 Å². The van der Waals surface area contributed by atoms with E-state index in [-0.39, 0.29) is 6.04 Å². The SMILES string of the molecule is CN=C(NCCOCc1ccccc1OC)NC(C)c1cccc(N2CCCC2)c1. The van der Waals surface area contributed by atoms with Crippen LogP contribution in [0, 0.1) is 0 Å². The molecule has 0 aromatic heterocycles. The van der Waals surface area contributed by atoms with Crippen LogP contribution in [0.2, 0.25) is 0 Å². The Morgan fingerprint density at radius 1 is 1.13 bits per heavy atom. The Morgan fingerprint density at radius 3 is 2.70 bits per heavy atom. The molecular weight excluding hydrogens is 376 g/mol. The summed E-state index contributed by atoms with van der Waals surface area (Å²) in [5.41, 5.74) is 3.62. The number of benzene rings is 2. The monoisotopic (exact) mass is 410 g/mol. The second-order valence-electron chi connectivity index (χ2n) is 7.52. The van der Waals surface area contributed by atoms with Gasteiger partial charge in [-0.2, -0.15) is 0 Å². The fourth-order valence-electron chi connectivity index (χ4n) is 3.70. The quantitative estimate of drug-likeness (QED) is 0.375. The zero-order valence-corrected chi connectivity index (χ0v) is 18.4. The Bertz CT molecular complexity index is 818. The molecule has 2 aromatic rings. The van der Waals surface area contributed by atoms with Gasteiger partial charge in [0.25, 0.3) is 0 Å². The molecule has 0 aliphatic carbocycles. The number of nitrogens with zero attached hydrogens (tertiary/aromatic N) is 2. The van der Waals surface area contributed by atoms with E-state index in [2.05, 4.69) is 51.7 Å². The Hall–Kier alpha value is -2.73. The fourth-order valence-corrected chi connectivity index (χ4v) is 3.70. The minimum absolute atomic E-state index is 0.160. The van der Waals surface area contributed by atoms with Crippen LogP contribution in [0.4, 0.5) is 5.69 Å². The third-order valence-electron chi connectivity index (χ3n) is 5.41. The third-order valence-corrected chi connectivity index (χ3v) is 5.41. The number of ether oxygens (including phenoxy) is 2. The first-order valence-electron chi connectivity index (χ1n) is 10.7. The molecule has 1 atom stereocenters. The Labute approximate surface area is 180 Å². The number of anilines is 1. The molecule has 1 unspecified atom stereocenters. The van der Waals surface area contributed by atoms with Gasteiger partial charge in [0.05, 0.1) is 26.4 Å². The molecule has 30 heavy (non-hydrogen) atoms. The molecule has 2 aromatic carbocycles. The van der Waals surface area contributed by atoms with Crippen molar-refractivity contribution in [2.24, 2.45) is 4.99 Å². The molecule has 1 heterocycles. The van der Waals surface area contributed by atoms with Gasteiger partial charge in [-0.1, -0.05) is 30.3 Å². The largest absolute Gasteiger partial charge is 0.496 e. The zero-order valence-electron chi connectivity index (χ0n) is 18.4. The maximum atomic E-state index is 5.79. The van der Waals surface area contributed by atoms with Crippen molar-refractivity contribution in [3.05, 3.63) is 59.7 Å². The van der Waals surface area contributed by atoms with Crippen LogP contribution in [-0.4, -0.2) is 46.4 Å². The van der Waals surface area contributed by atoms with Gasteiger partial charge in [-0.05, 0) is 43.5 Å². The van der Waals surface area contributed by atoms with Gasteiger partial charge < -0.3 is 25.0 Å². The highest BCUT2D eigenvalue weighted by molar-refractivity contribution is 5.80. The van der Waals surface area contributed by atoms with Crippen molar-refractivity contribution >= 4 is 11.6 Å². The van der Waals surface area contributed by atoms with E-state index >= 15 is 0 Å². The van der Waals surface area contributed by atoms with Crippen LogP contribution < -0.4 is 20.3 Å². The minimum atomic E-state index is 0.160. The Balaban J connectivity index is 1.43. The summed E-state index contributed by atoms with van der Waals surface area (Å²) in [5.74, 6) is 1.63. The van der Waals surface area contributed by atoms with Crippen molar-refractivity contribution in [2.45, 2.75) is 32.4 Å². The van der Waals surface area contributed by atoms with Crippen LogP contribution in [-0.2, 0) is 11.3 Å². The number of aliphatic imine (C=N–C) groups is 1. The minimum Gasteiger partial charge on any atom is -0.496 e. The average molecular weight is 411 g/mol. The first-order chi connectivity index (χ1) is 14.7. The highest BCUT2D eigenvalue weighted by Gasteiger charge is 2.14. The normalized spacial score (nSPS) is 15.2. The van der Waals surface area contributed by atoms with E-state index < -0.39 is 0 Å². The molecule has 3 rings (SSSR count). The van der Waals surface area contributed by atoms with E-state index in [1.807, 2.05) is 24.3 Å². The summed E-state index contributed by atoms with van der Waals surface area (Å²) < 4.78 is 11.1. The molecule has 0 saturated carbocycles.